The number of aliphatic hydroxyl groups is 1. The van der Waals surface area contributed by atoms with E-state index in [1.54, 1.807) is 11.3 Å². The van der Waals surface area contributed by atoms with Gasteiger partial charge in [-0.2, -0.15) is 0 Å². The van der Waals surface area contributed by atoms with E-state index in [4.69, 9.17) is 0 Å². The molecule has 1 nitrogen and oxygen atoms in total. The van der Waals surface area contributed by atoms with E-state index in [9.17, 15) is 5.11 Å². The summed E-state index contributed by atoms with van der Waals surface area (Å²) in [5, 5.41) is 12.5. The predicted octanol–water partition coefficient (Wildman–Crippen LogP) is 4.81. The van der Waals surface area contributed by atoms with E-state index in [2.05, 4.69) is 24.3 Å². The molecule has 0 aliphatic carbocycles. The summed E-state index contributed by atoms with van der Waals surface area (Å²) < 4.78 is 0. The Hall–Kier alpha value is -1.90. The average Bonchev–Trinajstić information content (AvgIpc) is 2.94. The fraction of sp³-hybridized carbons (Fsp3) is 0.111. The van der Waals surface area contributed by atoms with Crippen molar-refractivity contribution < 1.29 is 5.11 Å². The summed E-state index contributed by atoms with van der Waals surface area (Å²) in [7, 11) is 0. The summed E-state index contributed by atoms with van der Waals surface area (Å²) in [6.45, 7) is 2.04. The van der Waals surface area contributed by atoms with Gasteiger partial charge in [0.05, 0.1) is 0 Å². The topological polar surface area (TPSA) is 20.2 Å². The third-order valence-electron chi connectivity index (χ3n) is 3.48. The zero-order valence-electron chi connectivity index (χ0n) is 11.3. The monoisotopic (exact) mass is 280 g/mol. The molecule has 3 rings (SSSR count). The Morgan fingerprint density at radius 1 is 0.850 bits per heavy atom. The molecule has 0 aliphatic heterocycles. The molecule has 20 heavy (non-hydrogen) atoms. The molecular formula is C18H16OS. The highest BCUT2D eigenvalue weighted by Crippen LogP contribution is 2.30. The lowest BCUT2D eigenvalue weighted by molar-refractivity contribution is 0.223. The Kier molecular flexibility index (Phi) is 3.68. The van der Waals surface area contributed by atoms with Crippen molar-refractivity contribution in [3.05, 3.63) is 82.0 Å². The van der Waals surface area contributed by atoms with Gasteiger partial charge < -0.3 is 5.11 Å². The Morgan fingerprint density at radius 2 is 1.50 bits per heavy atom. The second-order valence-electron chi connectivity index (χ2n) is 4.86. The molecule has 1 N–H and O–H groups in total. The Bertz CT molecular complexity index is 683. The number of aryl methyl sites for hydroxylation is 1. The lowest BCUT2D eigenvalue weighted by atomic mass is 10.0. The van der Waals surface area contributed by atoms with E-state index in [-0.39, 0.29) is 0 Å². The minimum absolute atomic E-state index is 0.528. The minimum Gasteiger partial charge on any atom is -0.383 e. The highest BCUT2D eigenvalue weighted by atomic mass is 32.1. The van der Waals surface area contributed by atoms with Crippen LogP contribution in [0.15, 0.2) is 66.0 Å². The van der Waals surface area contributed by atoms with Gasteiger partial charge in [0.1, 0.15) is 6.10 Å². The fourth-order valence-corrected chi connectivity index (χ4v) is 3.24. The van der Waals surface area contributed by atoms with Gasteiger partial charge in [-0.25, -0.2) is 0 Å². The number of thiophene rings is 1. The average molecular weight is 280 g/mol. The van der Waals surface area contributed by atoms with E-state index in [1.807, 2.05) is 48.7 Å². The molecule has 2 heteroatoms. The number of hydrogen-bond acceptors (Lipinski definition) is 2. The van der Waals surface area contributed by atoms with Crippen molar-refractivity contribution in [1.29, 1.82) is 0 Å². The first kappa shape index (κ1) is 13.1. The molecule has 1 unspecified atom stereocenters. The van der Waals surface area contributed by atoms with Crippen molar-refractivity contribution in [3.63, 3.8) is 0 Å². The predicted molar refractivity (Wildman–Crippen MR) is 85.0 cm³/mol. The fourth-order valence-electron chi connectivity index (χ4n) is 2.30. The molecule has 1 aromatic heterocycles. The molecule has 0 saturated carbocycles. The third kappa shape index (κ3) is 2.53. The van der Waals surface area contributed by atoms with Crippen LogP contribution in [0.2, 0.25) is 0 Å². The van der Waals surface area contributed by atoms with Gasteiger partial charge in [-0.3, -0.25) is 0 Å². The summed E-state index contributed by atoms with van der Waals surface area (Å²) >= 11 is 1.60. The molecule has 0 fully saturated rings. The maximum atomic E-state index is 10.4. The summed E-state index contributed by atoms with van der Waals surface area (Å²) in [4.78, 5) is 1.03. The van der Waals surface area contributed by atoms with Crippen LogP contribution in [0.3, 0.4) is 0 Å². The van der Waals surface area contributed by atoms with Crippen molar-refractivity contribution in [1.82, 2.24) is 0 Å². The van der Waals surface area contributed by atoms with Gasteiger partial charge in [-0.1, -0.05) is 54.6 Å². The van der Waals surface area contributed by atoms with Crippen LogP contribution in [0.5, 0.6) is 0 Å². The standard InChI is InChI=1S/C18H16OS/c1-13-11-12-20-18(13)17(19)16-9-7-15(8-10-16)14-5-3-2-4-6-14/h2-12,17,19H,1H3. The smallest absolute Gasteiger partial charge is 0.113 e. The van der Waals surface area contributed by atoms with Crippen LogP contribution >= 0.6 is 11.3 Å². The van der Waals surface area contributed by atoms with Crippen LogP contribution in [0.4, 0.5) is 0 Å². The van der Waals surface area contributed by atoms with Gasteiger partial charge in [0.25, 0.3) is 0 Å². The van der Waals surface area contributed by atoms with E-state index in [0.717, 1.165) is 16.0 Å². The lowest BCUT2D eigenvalue weighted by Gasteiger charge is -2.11. The van der Waals surface area contributed by atoms with Crippen molar-refractivity contribution >= 4 is 11.3 Å². The quantitative estimate of drug-likeness (QED) is 0.730. The maximum Gasteiger partial charge on any atom is 0.113 e. The van der Waals surface area contributed by atoms with E-state index in [1.165, 1.54) is 11.1 Å². The molecule has 0 radical (unpaired) electrons. The van der Waals surface area contributed by atoms with Gasteiger partial charge >= 0.3 is 0 Å². The Labute approximate surface area is 123 Å². The zero-order chi connectivity index (χ0) is 13.9. The highest BCUT2D eigenvalue weighted by Gasteiger charge is 2.14. The molecular weight excluding hydrogens is 264 g/mol. The molecule has 0 bridgehead atoms. The molecule has 3 aromatic rings. The van der Waals surface area contributed by atoms with Crippen LogP contribution in [-0.2, 0) is 0 Å². The number of aliphatic hydroxyl groups excluding tert-OH is 1. The summed E-state index contributed by atoms with van der Waals surface area (Å²) in [6.07, 6.45) is -0.528. The van der Waals surface area contributed by atoms with Crippen molar-refractivity contribution in [2.45, 2.75) is 13.0 Å². The summed E-state index contributed by atoms with van der Waals surface area (Å²) in [5.74, 6) is 0. The number of rotatable bonds is 3. The number of benzene rings is 2. The molecule has 0 amide bonds. The lowest BCUT2D eigenvalue weighted by Crippen LogP contribution is -1.98. The van der Waals surface area contributed by atoms with Gasteiger partial charge in [0, 0.05) is 4.88 Å². The normalized spacial score (nSPS) is 12.3. The Morgan fingerprint density at radius 3 is 2.10 bits per heavy atom. The van der Waals surface area contributed by atoms with Gasteiger partial charge in [-0.15, -0.1) is 11.3 Å². The highest BCUT2D eigenvalue weighted by molar-refractivity contribution is 7.10. The molecule has 0 saturated heterocycles. The summed E-state index contributed by atoms with van der Waals surface area (Å²) in [5.41, 5.74) is 4.45. The van der Waals surface area contributed by atoms with Crippen molar-refractivity contribution in [2.75, 3.05) is 0 Å². The largest absolute Gasteiger partial charge is 0.383 e. The number of hydrogen-bond donors (Lipinski definition) is 1. The van der Waals surface area contributed by atoms with Crippen LogP contribution in [-0.4, -0.2) is 5.11 Å². The van der Waals surface area contributed by atoms with Crippen LogP contribution in [0.1, 0.15) is 22.1 Å². The second-order valence-corrected chi connectivity index (χ2v) is 5.81. The molecule has 0 aliphatic rings. The SMILES string of the molecule is Cc1ccsc1C(O)c1ccc(-c2ccccc2)cc1. The van der Waals surface area contributed by atoms with E-state index < -0.39 is 6.10 Å². The van der Waals surface area contributed by atoms with E-state index in [0.29, 0.717) is 0 Å². The van der Waals surface area contributed by atoms with Crippen molar-refractivity contribution in [3.8, 4) is 11.1 Å². The van der Waals surface area contributed by atoms with Gasteiger partial charge in [-0.05, 0) is 40.6 Å². The molecule has 2 aromatic carbocycles. The zero-order valence-corrected chi connectivity index (χ0v) is 12.1. The Balaban J connectivity index is 1.89. The first-order valence-corrected chi connectivity index (χ1v) is 7.51. The van der Waals surface area contributed by atoms with Crippen molar-refractivity contribution in [2.24, 2.45) is 0 Å². The van der Waals surface area contributed by atoms with Gasteiger partial charge in [0.2, 0.25) is 0 Å². The second kappa shape index (κ2) is 5.61. The summed E-state index contributed by atoms with van der Waals surface area (Å²) in [6, 6.07) is 20.5. The van der Waals surface area contributed by atoms with Crippen LogP contribution in [0.25, 0.3) is 11.1 Å². The molecule has 1 atom stereocenters. The maximum absolute atomic E-state index is 10.4. The van der Waals surface area contributed by atoms with Gasteiger partial charge in [0.15, 0.2) is 0 Å². The molecule has 1 heterocycles. The van der Waals surface area contributed by atoms with E-state index >= 15 is 0 Å². The van der Waals surface area contributed by atoms with Crippen LogP contribution in [0, 0.1) is 6.92 Å². The first-order chi connectivity index (χ1) is 9.75. The molecule has 100 valence electrons. The molecule has 0 spiro atoms. The first-order valence-electron chi connectivity index (χ1n) is 6.63. The minimum atomic E-state index is -0.528. The third-order valence-corrected chi connectivity index (χ3v) is 4.55. The van der Waals surface area contributed by atoms with Crippen LogP contribution < -0.4 is 0 Å².